The quantitative estimate of drug-likeness (QED) is 0.269. The molecule has 0 aromatic carbocycles. The first-order valence-electron chi connectivity index (χ1n) is 5.47. The lowest BCUT2D eigenvalue weighted by atomic mass is 10.1. The van der Waals surface area contributed by atoms with Crippen molar-refractivity contribution in [3.05, 3.63) is 39.3 Å². The van der Waals surface area contributed by atoms with Gasteiger partial charge in [-0.25, -0.2) is 4.68 Å². The maximum Gasteiger partial charge on any atom is 0.307 e. The molecule has 0 radical (unpaired) electrons. The summed E-state index contributed by atoms with van der Waals surface area (Å²) in [5.74, 6) is -0.0230. The Balaban J connectivity index is 2.67. The number of aryl methyl sites for hydroxylation is 1. The molecule has 3 N–H and O–H groups in total. The third-order valence-corrected chi connectivity index (χ3v) is 2.80. The fourth-order valence-electron chi connectivity index (χ4n) is 1.64. The maximum atomic E-state index is 10.7. The van der Waals surface area contributed by atoms with Crippen molar-refractivity contribution < 1.29 is 10.1 Å². The number of oxime groups is 1. The standard InChI is InChI=1S/C10H11N7O3/c1-5-6(2)13-14-10(8(5)9(11)15-18)16-4-7(3-12-16)17(19)20/h3-4,18H,1-2H3,(H2,11,15). The van der Waals surface area contributed by atoms with Crippen molar-refractivity contribution in [3.63, 3.8) is 0 Å². The zero-order valence-corrected chi connectivity index (χ0v) is 10.7. The van der Waals surface area contributed by atoms with E-state index in [4.69, 9.17) is 10.9 Å². The summed E-state index contributed by atoms with van der Waals surface area (Å²) >= 11 is 0. The molecular weight excluding hydrogens is 266 g/mol. The van der Waals surface area contributed by atoms with E-state index < -0.39 is 4.92 Å². The van der Waals surface area contributed by atoms with E-state index in [0.29, 0.717) is 16.8 Å². The lowest BCUT2D eigenvalue weighted by Crippen LogP contribution is -2.21. The van der Waals surface area contributed by atoms with Gasteiger partial charge in [0.05, 0.1) is 16.2 Å². The van der Waals surface area contributed by atoms with Crippen LogP contribution in [0.15, 0.2) is 17.5 Å². The maximum absolute atomic E-state index is 10.7. The van der Waals surface area contributed by atoms with Crippen LogP contribution >= 0.6 is 0 Å². The molecule has 0 amide bonds. The average Bonchev–Trinajstić information content (AvgIpc) is 2.90. The number of hydrogen-bond acceptors (Lipinski definition) is 7. The van der Waals surface area contributed by atoms with Crippen LogP contribution in [0.1, 0.15) is 16.8 Å². The minimum Gasteiger partial charge on any atom is -0.409 e. The Morgan fingerprint density at radius 1 is 1.50 bits per heavy atom. The van der Waals surface area contributed by atoms with Crippen molar-refractivity contribution in [2.24, 2.45) is 10.9 Å². The van der Waals surface area contributed by atoms with Crippen LogP contribution in [0, 0.1) is 24.0 Å². The van der Waals surface area contributed by atoms with E-state index in [1.54, 1.807) is 13.8 Å². The van der Waals surface area contributed by atoms with Gasteiger partial charge in [-0.3, -0.25) is 10.1 Å². The molecule has 0 aliphatic heterocycles. The van der Waals surface area contributed by atoms with Gasteiger partial charge >= 0.3 is 5.69 Å². The molecule has 0 saturated heterocycles. The molecule has 2 heterocycles. The minimum atomic E-state index is -0.582. The predicted octanol–water partition coefficient (Wildman–Crippen LogP) is 0.282. The smallest absolute Gasteiger partial charge is 0.307 e. The highest BCUT2D eigenvalue weighted by Gasteiger charge is 2.19. The number of rotatable bonds is 3. The number of nitrogens with two attached hydrogens (primary N) is 1. The molecule has 0 bridgehead atoms. The summed E-state index contributed by atoms with van der Waals surface area (Å²) in [6.07, 6.45) is 2.25. The van der Waals surface area contributed by atoms with E-state index in [0.717, 1.165) is 10.9 Å². The average molecular weight is 277 g/mol. The van der Waals surface area contributed by atoms with Crippen molar-refractivity contribution >= 4 is 11.5 Å². The van der Waals surface area contributed by atoms with Crippen LogP contribution in [-0.4, -0.2) is 35.9 Å². The van der Waals surface area contributed by atoms with Crippen molar-refractivity contribution in [2.75, 3.05) is 0 Å². The van der Waals surface area contributed by atoms with Gasteiger partial charge < -0.3 is 10.9 Å². The molecule has 0 atom stereocenters. The van der Waals surface area contributed by atoms with Gasteiger partial charge in [0.2, 0.25) is 0 Å². The van der Waals surface area contributed by atoms with Crippen LogP contribution in [0.2, 0.25) is 0 Å². The van der Waals surface area contributed by atoms with E-state index in [1.165, 1.54) is 6.20 Å². The molecule has 10 nitrogen and oxygen atoms in total. The van der Waals surface area contributed by atoms with Crippen LogP contribution in [0.5, 0.6) is 0 Å². The van der Waals surface area contributed by atoms with Crippen LogP contribution < -0.4 is 5.73 Å². The Morgan fingerprint density at radius 2 is 2.20 bits per heavy atom. The molecule has 2 aromatic rings. The first-order valence-corrected chi connectivity index (χ1v) is 5.47. The fourth-order valence-corrected chi connectivity index (χ4v) is 1.64. The molecule has 2 aromatic heterocycles. The summed E-state index contributed by atoms with van der Waals surface area (Å²) in [6, 6.07) is 0. The summed E-state index contributed by atoms with van der Waals surface area (Å²) in [4.78, 5) is 10.1. The third kappa shape index (κ3) is 2.13. The highest BCUT2D eigenvalue weighted by molar-refractivity contribution is 6.01. The molecular formula is C10H11N7O3. The number of nitro groups is 1. The highest BCUT2D eigenvalue weighted by Crippen LogP contribution is 2.19. The van der Waals surface area contributed by atoms with E-state index >= 15 is 0 Å². The van der Waals surface area contributed by atoms with Gasteiger partial charge in [0.25, 0.3) is 0 Å². The largest absolute Gasteiger partial charge is 0.409 e. The summed E-state index contributed by atoms with van der Waals surface area (Å²) in [5, 5.41) is 34.1. The van der Waals surface area contributed by atoms with Gasteiger partial charge in [-0.1, -0.05) is 5.16 Å². The fraction of sp³-hybridized carbons (Fsp3) is 0.200. The van der Waals surface area contributed by atoms with Crippen LogP contribution in [0.4, 0.5) is 5.69 Å². The first-order chi connectivity index (χ1) is 9.45. The van der Waals surface area contributed by atoms with Crippen LogP contribution in [-0.2, 0) is 0 Å². The zero-order chi connectivity index (χ0) is 14.9. The topological polar surface area (TPSA) is 145 Å². The summed E-state index contributed by atoms with van der Waals surface area (Å²) in [6.45, 7) is 3.44. The molecule has 10 heteroatoms. The summed E-state index contributed by atoms with van der Waals surface area (Å²) in [7, 11) is 0. The number of hydrogen-bond donors (Lipinski definition) is 2. The molecule has 0 aliphatic rings. The molecule has 2 rings (SSSR count). The van der Waals surface area contributed by atoms with Gasteiger partial charge in [-0.15, -0.1) is 5.10 Å². The van der Waals surface area contributed by atoms with Gasteiger partial charge in [0.15, 0.2) is 11.7 Å². The van der Waals surface area contributed by atoms with Gasteiger partial charge in [-0.05, 0) is 19.4 Å². The zero-order valence-electron chi connectivity index (χ0n) is 10.7. The monoisotopic (exact) mass is 277 g/mol. The third-order valence-electron chi connectivity index (χ3n) is 2.80. The van der Waals surface area contributed by atoms with Gasteiger partial charge in [0.1, 0.15) is 12.4 Å². The molecule has 104 valence electrons. The minimum absolute atomic E-state index is 0.150. The molecule has 0 spiro atoms. The second-order valence-electron chi connectivity index (χ2n) is 3.99. The van der Waals surface area contributed by atoms with Gasteiger partial charge in [-0.2, -0.15) is 10.2 Å². The first kappa shape index (κ1) is 13.4. The van der Waals surface area contributed by atoms with Crippen molar-refractivity contribution in [2.45, 2.75) is 13.8 Å². The number of aromatic nitrogens is 4. The van der Waals surface area contributed by atoms with Crippen LogP contribution in [0.25, 0.3) is 5.82 Å². The second-order valence-corrected chi connectivity index (χ2v) is 3.99. The molecule has 20 heavy (non-hydrogen) atoms. The lowest BCUT2D eigenvalue weighted by Gasteiger charge is -2.10. The molecule has 0 saturated carbocycles. The summed E-state index contributed by atoms with van der Waals surface area (Å²) < 4.78 is 1.16. The Labute approximate surface area is 112 Å². The lowest BCUT2D eigenvalue weighted by molar-refractivity contribution is -0.384. The Hall–Kier alpha value is -3.04. The highest BCUT2D eigenvalue weighted by atomic mass is 16.6. The van der Waals surface area contributed by atoms with Gasteiger partial charge in [0, 0.05) is 0 Å². The normalized spacial score (nSPS) is 11.6. The summed E-state index contributed by atoms with van der Waals surface area (Å²) in [5.41, 5.74) is 6.98. The molecule has 0 aliphatic carbocycles. The predicted molar refractivity (Wildman–Crippen MR) is 67.8 cm³/mol. The Bertz CT molecular complexity index is 707. The van der Waals surface area contributed by atoms with Crippen LogP contribution in [0.3, 0.4) is 0 Å². The van der Waals surface area contributed by atoms with E-state index in [9.17, 15) is 10.1 Å². The van der Waals surface area contributed by atoms with E-state index in [1.807, 2.05) is 0 Å². The number of amidine groups is 1. The SMILES string of the molecule is Cc1nnc(-n2cc([N+](=O)[O-])cn2)c(/C(N)=N/O)c1C. The Kier molecular flexibility index (Phi) is 3.29. The molecule has 0 fully saturated rings. The van der Waals surface area contributed by atoms with Crippen molar-refractivity contribution in [3.8, 4) is 5.82 Å². The van der Waals surface area contributed by atoms with E-state index in [-0.39, 0.29) is 17.3 Å². The van der Waals surface area contributed by atoms with E-state index in [2.05, 4.69) is 20.5 Å². The molecule has 0 unspecified atom stereocenters. The van der Waals surface area contributed by atoms with Crippen molar-refractivity contribution in [1.82, 2.24) is 20.0 Å². The van der Waals surface area contributed by atoms with Crippen molar-refractivity contribution in [1.29, 1.82) is 0 Å². The number of nitrogens with zero attached hydrogens (tertiary/aromatic N) is 6. The Morgan fingerprint density at radius 3 is 2.75 bits per heavy atom. The second kappa shape index (κ2) is 4.91.